The number of fused-ring (bicyclic) bond motifs is 1. The highest BCUT2D eigenvalue weighted by Gasteiger charge is 2.35. The molecule has 1 aromatic rings. The Hall–Kier alpha value is -1.53. The van der Waals surface area contributed by atoms with Gasteiger partial charge in [0, 0.05) is 19.6 Å². The fourth-order valence-electron chi connectivity index (χ4n) is 3.43. The highest BCUT2D eigenvalue weighted by Crippen LogP contribution is 2.37. The standard InChI is InChI=1S/C16H20N2O/c17-10-13-4-6-16(7-5-13)19-9-8-18-11-14-2-1-3-15(14)12-18/h4-7,14-15H,1-3,8-9,11-12H2. The molecule has 0 spiro atoms. The molecule has 1 heterocycles. The second-order valence-corrected chi connectivity index (χ2v) is 5.70. The second kappa shape index (κ2) is 5.63. The van der Waals surface area contributed by atoms with Gasteiger partial charge in [-0.25, -0.2) is 0 Å². The number of nitrogens with zero attached hydrogens (tertiary/aromatic N) is 2. The van der Waals surface area contributed by atoms with Gasteiger partial charge in [0.05, 0.1) is 11.6 Å². The molecule has 0 radical (unpaired) electrons. The summed E-state index contributed by atoms with van der Waals surface area (Å²) in [6, 6.07) is 9.46. The Labute approximate surface area is 114 Å². The van der Waals surface area contributed by atoms with E-state index in [9.17, 15) is 0 Å². The van der Waals surface area contributed by atoms with Gasteiger partial charge in [-0.2, -0.15) is 5.26 Å². The zero-order chi connectivity index (χ0) is 13.1. The van der Waals surface area contributed by atoms with Gasteiger partial charge < -0.3 is 4.74 Å². The Bertz CT molecular complexity index is 451. The molecule has 0 N–H and O–H groups in total. The molecular weight excluding hydrogens is 236 g/mol. The molecule has 2 unspecified atom stereocenters. The number of nitriles is 1. The maximum atomic E-state index is 8.73. The Balaban J connectivity index is 1.42. The van der Waals surface area contributed by atoms with E-state index in [1.807, 2.05) is 12.1 Å². The number of rotatable bonds is 4. The van der Waals surface area contributed by atoms with E-state index in [0.717, 1.165) is 30.7 Å². The van der Waals surface area contributed by atoms with Gasteiger partial charge in [-0.15, -0.1) is 0 Å². The minimum Gasteiger partial charge on any atom is -0.492 e. The van der Waals surface area contributed by atoms with Crippen molar-refractivity contribution in [1.82, 2.24) is 4.90 Å². The highest BCUT2D eigenvalue weighted by molar-refractivity contribution is 5.34. The zero-order valence-corrected chi connectivity index (χ0v) is 11.2. The Morgan fingerprint density at radius 2 is 1.84 bits per heavy atom. The minimum absolute atomic E-state index is 0.680. The molecular formula is C16H20N2O. The smallest absolute Gasteiger partial charge is 0.119 e. The van der Waals surface area contributed by atoms with Crippen LogP contribution in [0.25, 0.3) is 0 Å². The third kappa shape index (κ3) is 2.90. The Kier molecular flexibility index (Phi) is 3.70. The van der Waals surface area contributed by atoms with Crippen LogP contribution < -0.4 is 4.74 Å². The number of benzene rings is 1. The molecule has 3 nitrogen and oxygen atoms in total. The molecule has 3 rings (SSSR count). The summed E-state index contributed by atoms with van der Waals surface area (Å²) in [6.07, 6.45) is 4.29. The first-order valence-corrected chi connectivity index (χ1v) is 7.20. The van der Waals surface area contributed by atoms with Crippen LogP contribution in [-0.2, 0) is 0 Å². The predicted molar refractivity (Wildman–Crippen MR) is 73.9 cm³/mol. The fourth-order valence-corrected chi connectivity index (χ4v) is 3.43. The van der Waals surface area contributed by atoms with Crippen LogP contribution in [0.1, 0.15) is 24.8 Å². The van der Waals surface area contributed by atoms with Crippen LogP contribution in [0.15, 0.2) is 24.3 Å². The third-order valence-electron chi connectivity index (χ3n) is 4.46. The van der Waals surface area contributed by atoms with Crippen molar-refractivity contribution in [2.45, 2.75) is 19.3 Å². The maximum absolute atomic E-state index is 8.73. The normalized spacial score (nSPS) is 26.1. The highest BCUT2D eigenvalue weighted by atomic mass is 16.5. The summed E-state index contributed by atoms with van der Waals surface area (Å²) in [6.45, 7) is 4.29. The van der Waals surface area contributed by atoms with Crippen molar-refractivity contribution in [1.29, 1.82) is 5.26 Å². The van der Waals surface area contributed by atoms with Gasteiger partial charge in [0.2, 0.25) is 0 Å². The van der Waals surface area contributed by atoms with E-state index in [0.29, 0.717) is 5.56 Å². The molecule has 0 aromatic heterocycles. The van der Waals surface area contributed by atoms with Gasteiger partial charge in [0.1, 0.15) is 12.4 Å². The molecule has 3 heteroatoms. The van der Waals surface area contributed by atoms with E-state index >= 15 is 0 Å². The first kappa shape index (κ1) is 12.5. The maximum Gasteiger partial charge on any atom is 0.119 e. The quantitative estimate of drug-likeness (QED) is 0.831. The summed E-state index contributed by atoms with van der Waals surface area (Å²) in [4.78, 5) is 2.54. The van der Waals surface area contributed by atoms with Crippen LogP contribution in [0.4, 0.5) is 0 Å². The van der Waals surface area contributed by atoms with Gasteiger partial charge in [-0.05, 0) is 48.9 Å². The predicted octanol–water partition coefficient (Wildman–Crippen LogP) is 2.67. The topological polar surface area (TPSA) is 36.3 Å². The summed E-state index contributed by atoms with van der Waals surface area (Å²) < 4.78 is 5.74. The van der Waals surface area contributed by atoms with Gasteiger partial charge in [0.25, 0.3) is 0 Å². The van der Waals surface area contributed by atoms with E-state index in [4.69, 9.17) is 10.00 Å². The van der Waals surface area contributed by atoms with E-state index < -0.39 is 0 Å². The molecule has 0 amide bonds. The molecule has 2 fully saturated rings. The van der Waals surface area contributed by atoms with Crippen molar-refractivity contribution >= 4 is 0 Å². The molecule has 0 bridgehead atoms. The lowest BCUT2D eigenvalue weighted by atomic mass is 10.0. The van der Waals surface area contributed by atoms with Crippen LogP contribution in [0.3, 0.4) is 0 Å². The zero-order valence-electron chi connectivity index (χ0n) is 11.2. The molecule has 100 valence electrons. The van der Waals surface area contributed by atoms with Gasteiger partial charge in [-0.3, -0.25) is 4.90 Å². The molecule has 1 aliphatic heterocycles. The van der Waals surface area contributed by atoms with Gasteiger partial charge >= 0.3 is 0 Å². The summed E-state index contributed by atoms with van der Waals surface area (Å²) in [5.74, 6) is 2.77. The molecule has 2 atom stereocenters. The van der Waals surface area contributed by atoms with Crippen molar-refractivity contribution in [3.8, 4) is 11.8 Å². The van der Waals surface area contributed by atoms with Crippen molar-refractivity contribution in [3.05, 3.63) is 29.8 Å². The Morgan fingerprint density at radius 1 is 1.16 bits per heavy atom. The molecule has 2 aliphatic rings. The van der Waals surface area contributed by atoms with Crippen LogP contribution in [0, 0.1) is 23.2 Å². The lowest BCUT2D eigenvalue weighted by Gasteiger charge is -2.16. The summed E-state index contributed by atoms with van der Waals surface area (Å²) in [7, 11) is 0. The molecule has 1 aromatic carbocycles. The first-order chi connectivity index (χ1) is 9.35. The number of ether oxygens (including phenoxy) is 1. The molecule has 1 saturated heterocycles. The molecule has 1 aliphatic carbocycles. The monoisotopic (exact) mass is 256 g/mol. The minimum atomic E-state index is 0.680. The number of hydrogen-bond acceptors (Lipinski definition) is 3. The molecule has 19 heavy (non-hydrogen) atoms. The summed E-state index contributed by atoms with van der Waals surface area (Å²) in [5.41, 5.74) is 0.680. The summed E-state index contributed by atoms with van der Waals surface area (Å²) in [5, 5.41) is 8.73. The van der Waals surface area contributed by atoms with E-state index in [1.54, 1.807) is 12.1 Å². The number of likely N-dealkylation sites (tertiary alicyclic amines) is 1. The second-order valence-electron chi connectivity index (χ2n) is 5.70. The van der Waals surface area contributed by atoms with E-state index in [1.165, 1.54) is 32.4 Å². The molecule has 1 saturated carbocycles. The average Bonchev–Trinajstić information content (AvgIpc) is 3.00. The van der Waals surface area contributed by atoms with Crippen LogP contribution in [0.5, 0.6) is 5.75 Å². The number of hydrogen-bond donors (Lipinski definition) is 0. The van der Waals surface area contributed by atoms with Crippen LogP contribution in [-0.4, -0.2) is 31.1 Å². The first-order valence-electron chi connectivity index (χ1n) is 7.20. The van der Waals surface area contributed by atoms with E-state index in [-0.39, 0.29) is 0 Å². The van der Waals surface area contributed by atoms with Crippen molar-refractivity contribution in [3.63, 3.8) is 0 Å². The van der Waals surface area contributed by atoms with Crippen molar-refractivity contribution in [2.24, 2.45) is 11.8 Å². The van der Waals surface area contributed by atoms with Gasteiger partial charge in [-0.1, -0.05) is 6.42 Å². The van der Waals surface area contributed by atoms with Gasteiger partial charge in [0.15, 0.2) is 0 Å². The van der Waals surface area contributed by atoms with E-state index in [2.05, 4.69) is 11.0 Å². The van der Waals surface area contributed by atoms with Crippen LogP contribution >= 0.6 is 0 Å². The fraction of sp³-hybridized carbons (Fsp3) is 0.562. The lowest BCUT2D eigenvalue weighted by Crippen LogP contribution is -2.27. The lowest BCUT2D eigenvalue weighted by molar-refractivity contribution is 0.227. The van der Waals surface area contributed by atoms with Crippen LogP contribution in [0.2, 0.25) is 0 Å². The Morgan fingerprint density at radius 3 is 2.47 bits per heavy atom. The van der Waals surface area contributed by atoms with Crippen molar-refractivity contribution < 1.29 is 4.74 Å². The third-order valence-corrected chi connectivity index (χ3v) is 4.46. The average molecular weight is 256 g/mol. The van der Waals surface area contributed by atoms with Crippen molar-refractivity contribution in [2.75, 3.05) is 26.2 Å². The SMILES string of the molecule is N#Cc1ccc(OCCN2CC3CCCC3C2)cc1. The summed E-state index contributed by atoms with van der Waals surface area (Å²) >= 11 is 0. The largest absolute Gasteiger partial charge is 0.492 e.